The van der Waals surface area contributed by atoms with Crippen LogP contribution in [-0.2, 0) is 9.53 Å². The summed E-state index contributed by atoms with van der Waals surface area (Å²) in [6, 6.07) is 2.04. The van der Waals surface area contributed by atoms with Gasteiger partial charge in [0, 0.05) is 13.0 Å². The first-order chi connectivity index (χ1) is 6.74. The van der Waals surface area contributed by atoms with Crippen molar-refractivity contribution in [2.45, 2.75) is 44.8 Å². The molecule has 1 heterocycles. The van der Waals surface area contributed by atoms with Crippen LogP contribution in [0.4, 0.5) is 0 Å². The Bertz CT molecular complexity index is 235. The summed E-state index contributed by atoms with van der Waals surface area (Å²) in [7, 11) is 0. The summed E-state index contributed by atoms with van der Waals surface area (Å²) >= 11 is 0. The average Bonchev–Trinajstić information content (AvgIpc) is 2.59. The quantitative estimate of drug-likeness (QED) is 0.681. The normalized spacial score (nSPS) is 25.7. The summed E-state index contributed by atoms with van der Waals surface area (Å²) < 4.78 is 5.40. The number of carbonyl (C=O) groups is 1. The minimum atomic E-state index is -0.271. The molecule has 1 amide bonds. The Labute approximate surface area is 84.2 Å². The number of unbranched alkanes of at least 4 members (excludes halogenated alkanes) is 1. The van der Waals surface area contributed by atoms with Crippen LogP contribution in [0.1, 0.15) is 32.6 Å². The molecule has 0 bridgehead atoms. The Balaban J connectivity index is 2.13. The molecular formula is C10H16N2O2. The molecule has 2 unspecified atom stereocenters. The second kappa shape index (κ2) is 5.61. The standard InChI is InChI=1S/C10H16N2O2/c1-8-4-5-9(14-8)10(13)12-7-3-2-6-11/h8-9H,2-5,7H2,1H3,(H,12,13). The molecular weight excluding hydrogens is 180 g/mol. The van der Waals surface area contributed by atoms with Gasteiger partial charge in [0.2, 0.25) is 5.91 Å². The summed E-state index contributed by atoms with van der Waals surface area (Å²) in [5, 5.41) is 11.1. The molecule has 1 N–H and O–H groups in total. The maximum absolute atomic E-state index is 11.4. The minimum absolute atomic E-state index is 0.0349. The SMILES string of the molecule is CC1CCC(C(=O)NCCCC#N)O1. The summed E-state index contributed by atoms with van der Waals surface area (Å²) in [4.78, 5) is 11.4. The van der Waals surface area contributed by atoms with Gasteiger partial charge in [-0.3, -0.25) is 4.79 Å². The molecule has 0 saturated carbocycles. The first-order valence-corrected chi connectivity index (χ1v) is 5.04. The zero-order chi connectivity index (χ0) is 10.4. The highest BCUT2D eigenvalue weighted by Gasteiger charge is 2.27. The Morgan fingerprint density at radius 1 is 1.64 bits per heavy atom. The van der Waals surface area contributed by atoms with Crippen molar-refractivity contribution in [1.29, 1.82) is 5.26 Å². The number of hydrogen-bond donors (Lipinski definition) is 1. The molecule has 1 saturated heterocycles. The molecule has 0 radical (unpaired) electrons. The molecule has 1 rings (SSSR count). The first kappa shape index (κ1) is 11.0. The van der Waals surface area contributed by atoms with Gasteiger partial charge in [-0.1, -0.05) is 0 Å². The fourth-order valence-electron chi connectivity index (χ4n) is 1.49. The molecule has 1 aliphatic heterocycles. The highest BCUT2D eigenvalue weighted by atomic mass is 16.5. The molecule has 1 fully saturated rings. The van der Waals surface area contributed by atoms with Crippen LogP contribution in [0.25, 0.3) is 0 Å². The monoisotopic (exact) mass is 196 g/mol. The lowest BCUT2D eigenvalue weighted by Gasteiger charge is -2.10. The molecule has 0 aromatic rings. The van der Waals surface area contributed by atoms with E-state index in [1.807, 2.05) is 13.0 Å². The van der Waals surface area contributed by atoms with Gasteiger partial charge in [-0.25, -0.2) is 0 Å². The van der Waals surface area contributed by atoms with Crippen LogP contribution in [0.3, 0.4) is 0 Å². The fourth-order valence-corrected chi connectivity index (χ4v) is 1.49. The van der Waals surface area contributed by atoms with Crippen LogP contribution in [0, 0.1) is 11.3 Å². The van der Waals surface area contributed by atoms with Gasteiger partial charge in [0.15, 0.2) is 0 Å². The van der Waals surface area contributed by atoms with Crippen molar-refractivity contribution in [3.05, 3.63) is 0 Å². The van der Waals surface area contributed by atoms with Crippen LogP contribution in [0.5, 0.6) is 0 Å². The number of amides is 1. The van der Waals surface area contributed by atoms with Gasteiger partial charge in [-0.15, -0.1) is 0 Å². The second-order valence-electron chi connectivity index (χ2n) is 3.57. The van der Waals surface area contributed by atoms with Crippen molar-refractivity contribution >= 4 is 5.91 Å². The smallest absolute Gasteiger partial charge is 0.249 e. The topological polar surface area (TPSA) is 62.1 Å². The Kier molecular flexibility index (Phi) is 4.41. The van der Waals surface area contributed by atoms with Gasteiger partial charge in [-0.05, 0) is 26.2 Å². The lowest BCUT2D eigenvalue weighted by molar-refractivity contribution is -0.131. The zero-order valence-electron chi connectivity index (χ0n) is 8.45. The lowest BCUT2D eigenvalue weighted by atomic mass is 10.2. The maximum atomic E-state index is 11.4. The highest BCUT2D eigenvalue weighted by molar-refractivity contribution is 5.80. The molecule has 0 aliphatic carbocycles. The Hall–Kier alpha value is -1.08. The molecule has 4 heteroatoms. The predicted molar refractivity (Wildman–Crippen MR) is 51.4 cm³/mol. The van der Waals surface area contributed by atoms with Crippen molar-refractivity contribution in [2.75, 3.05) is 6.54 Å². The van der Waals surface area contributed by atoms with Crippen LogP contribution >= 0.6 is 0 Å². The number of ether oxygens (including phenoxy) is 1. The van der Waals surface area contributed by atoms with E-state index < -0.39 is 0 Å². The van der Waals surface area contributed by atoms with Gasteiger partial charge in [0.1, 0.15) is 6.10 Å². The van der Waals surface area contributed by atoms with Crippen LogP contribution in [-0.4, -0.2) is 24.7 Å². The third-order valence-electron chi connectivity index (χ3n) is 2.29. The predicted octanol–water partition coefficient (Wildman–Crippen LogP) is 0.974. The van der Waals surface area contributed by atoms with E-state index in [-0.39, 0.29) is 18.1 Å². The molecule has 4 nitrogen and oxygen atoms in total. The zero-order valence-corrected chi connectivity index (χ0v) is 8.45. The van der Waals surface area contributed by atoms with Crippen LogP contribution in [0.2, 0.25) is 0 Å². The van der Waals surface area contributed by atoms with Gasteiger partial charge in [-0.2, -0.15) is 5.26 Å². The van der Waals surface area contributed by atoms with Crippen molar-refractivity contribution in [1.82, 2.24) is 5.32 Å². The van der Waals surface area contributed by atoms with Crippen LogP contribution < -0.4 is 5.32 Å². The third kappa shape index (κ3) is 3.35. The number of rotatable bonds is 4. The molecule has 0 spiro atoms. The van der Waals surface area contributed by atoms with E-state index in [4.69, 9.17) is 10.00 Å². The van der Waals surface area contributed by atoms with E-state index in [1.165, 1.54) is 0 Å². The van der Waals surface area contributed by atoms with E-state index in [0.717, 1.165) is 12.8 Å². The largest absolute Gasteiger partial charge is 0.365 e. The van der Waals surface area contributed by atoms with Crippen molar-refractivity contribution in [3.63, 3.8) is 0 Å². The van der Waals surface area contributed by atoms with E-state index in [9.17, 15) is 4.79 Å². The van der Waals surface area contributed by atoms with E-state index >= 15 is 0 Å². The number of nitrogens with one attached hydrogen (secondary N) is 1. The van der Waals surface area contributed by atoms with Gasteiger partial charge in [0.05, 0.1) is 12.2 Å². The van der Waals surface area contributed by atoms with Gasteiger partial charge in [0.25, 0.3) is 0 Å². The number of nitriles is 1. The number of carbonyl (C=O) groups excluding carboxylic acids is 1. The summed E-state index contributed by atoms with van der Waals surface area (Å²) in [6.45, 7) is 2.55. The lowest BCUT2D eigenvalue weighted by Crippen LogP contribution is -2.35. The highest BCUT2D eigenvalue weighted by Crippen LogP contribution is 2.18. The Morgan fingerprint density at radius 2 is 2.43 bits per heavy atom. The van der Waals surface area contributed by atoms with Gasteiger partial charge >= 0.3 is 0 Å². The second-order valence-corrected chi connectivity index (χ2v) is 3.57. The van der Waals surface area contributed by atoms with Crippen molar-refractivity contribution in [2.24, 2.45) is 0 Å². The maximum Gasteiger partial charge on any atom is 0.249 e. The molecule has 2 atom stereocenters. The minimum Gasteiger partial charge on any atom is -0.365 e. The molecule has 0 aromatic heterocycles. The number of nitrogens with zero attached hydrogens (tertiary/aromatic N) is 1. The van der Waals surface area contributed by atoms with Crippen molar-refractivity contribution < 1.29 is 9.53 Å². The number of hydrogen-bond acceptors (Lipinski definition) is 3. The van der Waals surface area contributed by atoms with Crippen molar-refractivity contribution in [3.8, 4) is 6.07 Å². The van der Waals surface area contributed by atoms with E-state index in [1.54, 1.807) is 0 Å². The first-order valence-electron chi connectivity index (χ1n) is 5.04. The summed E-state index contributed by atoms with van der Waals surface area (Å²) in [6.07, 6.45) is 2.89. The summed E-state index contributed by atoms with van der Waals surface area (Å²) in [5.41, 5.74) is 0. The Morgan fingerprint density at radius 3 is 3.00 bits per heavy atom. The molecule has 1 aliphatic rings. The van der Waals surface area contributed by atoms with Gasteiger partial charge < -0.3 is 10.1 Å². The van der Waals surface area contributed by atoms with E-state index in [2.05, 4.69) is 5.32 Å². The molecule has 78 valence electrons. The van der Waals surface area contributed by atoms with Crippen LogP contribution in [0.15, 0.2) is 0 Å². The average molecular weight is 196 g/mol. The molecule has 14 heavy (non-hydrogen) atoms. The van der Waals surface area contributed by atoms with E-state index in [0.29, 0.717) is 19.4 Å². The molecule has 0 aromatic carbocycles. The third-order valence-corrected chi connectivity index (χ3v) is 2.29. The summed E-state index contributed by atoms with van der Waals surface area (Å²) in [5.74, 6) is -0.0349. The fraction of sp³-hybridized carbons (Fsp3) is 0.800.